The second-order valence-electron chi connectivity index (χ2n) is 17.7. The molecular weight excluding hydrogens is 793 g/mol. The van der Waals surface area contributed by atoms with Gasteiger partial charge in [-0.1, -0.05) is 61.9 Å². The van der Waals surface area contributed by atoms with E-state index in [-0.39, 0.29) is 43.1 Å². The molecule has 4 rings (SSSR count). The Bertz CT molecular complexity index is 1730. The number of piperidine rings is 1. The lowest BCUT2D eigenvalue weighted by molar-refractivity contribution is -0.154. The number of anilines is 1. The van der Waals surface area contributed by atoms with Gasteiger partial charge in [0, 0.05) is 74.3 Å². The number of benzene rings is 2. The molecule has 4 N–H and O–H groups in total. The number of urea groups is 1. The maximum absolute atomic E-state index is 14.1. The van der Waals surface area contributed by atoms with Crippen LogP contribution in [0.15, 0.2) is 65.7 Å². The average molecular weight is 863 g/mol. The van der Waals surface area contributed by atoms with Crippen molar-refractivity contribution in [2.45, 2.75) is 134 Å². The Kier molecular flexibility index (Phi) is 19.7. The molecule has 2 aliphatic heterocycles. The van der Waals surface area contributed by atoms with Gasteiger partial charge in [0.2, 0.25) is 17.7 Å². The quantitative estimate of drug-likeness (QED) is 0.0580. The second-order valence-corrected chi connectivity index (χ2v) is 19.0. The Morgan fingerprint density at radius 1 is 0.951 bits per heavy atom. The Morgan fingerprint density at radius 2 is 1.62 bits per heavy atom. The van der Waals surface area contributed by atoms with Crippen LogP contribution in [0.4, 0.5) is 10.5 Å². The first-order valence-electron chi connectivity index (χ1n) is 22.1. The molecule has 2 aromatic rings. The molecule has 2 heterocycles. The summed E-state index contributed by atoms with van der Waals surface area (Å²) in [7, 11) is 0. The van der Waals surface area contributed by atoms with E-state index >= 15 is 0 Å². The molecule has 2 fully saturated rings. The summed E-state index contributed by atoms with van der Waals surface area (Å²) in [5.41, 5.74) is 4.79. The minimum Gasteiger partial charge on any atom is -0.464 e. The average Bonchev–Trinajstić information content (AvgIpc) is 3.70. The van der Waals surface area contributed by atoms with E-state index in [1.165, 1.54) is 5.56 Å². The maximum Gasteiger partial charge on any atom is 0.337 e. The third-order valence-electron chi connectivity index (χ3n) is 11.5. The molecule has 13 nitrogen and oxygen atoms in total. The number of nitrogens with zero attached hydrogens (tertiary/aromatic N) is 3. The lowest BCUT2D eigenvalue weighted by Crippen LogP contribution is -2.63. The van der Waals surface area contributed by atoms with E-state index in [4.69, 9.17) is 15.2 Å². The van der Waals surface area contributed by atoms with Crippen LogP contribution in [0.25, 0.3) is 0 Å². The van der Waals surface area contributed by atoms with Crippen molar-refractivity contribution >= 4 is 53.4 Å². The third kappa shape index (κ3) is 16.8. The van der Waals surface area contributed by atoms with Crippen molar-refractivity contribution in [3.05, 3.63) is 66.2 Å². The molecule has 0 aromatic heterocycles. The third-order valence-corrected chi connectivity index (χ3v) is 13.0. The van der Waals surface area contributed by atoms with Crippen LogP contribution in [-0.4, -0.2) is 108 Å². The van der Waals surface area contributed by atoms with Gasteiger partial charge in [-0.2, -0.15) is 11.8 Å². The van der Waals surface area contributed by atoms with E-state index in [1.807, 2.05) is 94.9 Å². The first kappa shape index (κ1) is 49.4. The van der Waals surface area contributed by atoms with Crippen molar-refractivity contribution in [3.8, 4) is 0 Å². The molecule has 14 heteroatoms. The van der Waals surface area contributed by atoms with E-state index in [0.717, 1.165) is 44.4 Å². The fraction of sp³-hybridized carbons (Fsp3) is 0.617. The summed E-state index contributed by atoms with van der Waals surface area (Å²) >= 11 is 1.89. The van der Waals surface area contributed by atoms with Crippen LogP contribution in [0.3, 0.4) is 0 Å². The van der Waals surface area contributed by atoms with Crippen molar-refractivity contribution in [1.29, 1.82) is 0 Å². The monoisotopic (exact) mass is 863 g/mol. The molecule has 0 aliphatic carbocycles. The number of nitrogens with one attached hydrogen (secondary N) is 2. The van der Waals surface area contributed by atoms with Crippen molar-refractivity contribution < 1.29 is 33.4 Å². The molecule has 336 valence electrons. The van der Waals surface area contributed by atoms with Gasteiger partial charge >= 0.3 is 12.0 Å². The fourth-order valence-corrected chi connectivity index (χ4v) is 9.34. The highest BCUT2D eigenvalue weighted by Gasteiger charge is 2.50. The number of ether oxygens (including phenoxy) is 2. The molecule has 0 bridgehead atoms. The minimum absolute atomic E-state index is 0.00653. The molecule has 5 amide bonds. The van der Waals surface area contributed by atoms with E-state index in [0.29, 0.717) is 69.3 Å². The molecule has 0 radical (unpaired) electrons. The van der Waals surface area contributed by atoms with Gasteiger partial charge < -0.3 is 30.7 Å². The number of primary amides is 1. The standard InChI is InChI=1S/C47H70N6O7S/c1-6-42(56)53(38-18-11-8-12-19-38)47(25-29-52(30-26-47)28-23-36-16-9-7-10-17-36)43(57)59-31-15-22-40(54)49-27-24-46(4,5)60-35-45(2,3)51-41(55)21-14-13-20-39-32-37(34-61-39)33-50-44(48)58/h7-12,16-19,33,37,39H,6,13-15,20-32,34-35H2,1-5H3,(H2,48,58)(H,49,54)(H,51,55)/b50-33+/t37?,39-/m0/s1. The van der Waals surface area contributed by atoms with Gasteiger partial charge in [-0.3, -0.25) is 19.3 Å². The minimum atomic E-state index is -1.14. The molecule has 2 atom stereocenters. The highest BCUT2D eigenvalue weighted by Crippen LogP contribution is 2.36. The number of rotatable bonds is 24. The number of hydrogen-bond donors (Lipinski definition) is 3. The topological polar surface area (TPSA) is 173 Å². The zero-order chi connectivity index (χ0) is 44.3. The Morgan fingerprint density at radius 3 is 2.30 bits per heavy atom. The first-order valence-corrected chi connectivity index (χ1v) is 23.1. The van der Waals surface area contributed by atoms with Gasteiger partial charge in [0.25, 0.3) is 0 Å². The molecule has 0 saturated carbocycles. The van der Waals surface area contributed by atoms with Crippen molar-refractivity contribution in [3.63, 3.8) is 0 Å². The summed E-state index contributed by atoms with van der Waals surface area (Å²) in [4.78, 5) is 71.9. The number of aliphatic imine (C=N–C) groups is 1. The summed E-state index contributed by atoms with van der Waals surface area (Å²) < 4.78 is 12.1. The molecule has 2 aliphatic rings. The maximum atomic E-state index is 14.1. The molecule has 0 spiro atoms. The number of carbonyl (C=O) groups is 5. The van der Waals surface area contributed by atoms with Crippen molar-refractivity contribution in [2.75, 3.05) is 50.0 Å². The summed E-state index contributed by atoms with van der Waals surface area (Å²) in [6, 6.07) is 19.0. The lowest BCUT2D eigenvalue weighted by atomic mass is 9.84. The van der Waals surface area contributed by atoms with Crippen LogP contribution in [-0.2, 0) is 35.1 Å². The molecule has 61 heavy (non-hydrogen) atoms. The van der Waals surface area contributed by atoms with E-state index in [1.54, 1.807) is 11.1 Å². The Balaban J connectivity index is 1.16. The Hall–Kier alpha value is -4.27. The number of thioether (sulfide) groups is 1. The largest absolute Gasteiger partial charge is 0.464 e. The van der Waals surface area contributed by atoms with Crippen LogP contribution in [0.5, 0.6) is 0 Å². The SMILES string of the molecule is CCC(=O)N(c1ccccc1)C1(C(=O)OCCCC(=O)NCCC(C)(C)OCC(C)(C)NC(=O)CCCC[C@H]2CC(/C=N/C(N)=O)CS2)CCN(CCc2ccccc2)CC1. The molecule has 1 unspecified atom stereocenters. The second kappa shape index (κ2) is 24.4. The van der Waals surface area contributed by atoms with Crippen LogP contribution in [0.1, 0.15) is 111 Å². The predicted octanol–water partition coefficient (Wildman–Crippen LogP) is 6.86. The van der Waals surface area contributed by atoms with E-state index in [2.05, 4.69) is 32.7 Å². The Labute approximate surface area is 367 Å². The lowest BCUT2D eigenvalue weighted by Gasteiger charge is -2.46. The zero-order valence-corrected chi connectivity index (χ0v) is 37.9. The normalized spacial score (nSPS) is 18.1. The number of esters is 1. The van der Waals surface area contributed by atoms with Crippen LogP contribution in [0, 0.1) is 5.92 Å². The highest BCUT2D eigenvalue weighted by molar-refractivity contribution is 8.00. The van der Waals surface area contributed by atoms with Gasteiger partial charge in [-0.25, -0.2) is 14.6 Å². The molecule has 2 saturated heterocycles. The number of carbonyl (C=O) groups excluding carboxylic acids is 5. The van der Waals surface area contributed by atoms with Gasteiger partial charge in [0.05, 0.1) is 24.4 Å². The number of likely N-dealkylation sites (tertiary alicyclic amines) is 1. The van der Waals surface area contributed by atoms with E-state index in [9.17, 15) is 24.0 Å². The van der Waals surface area contributed by atoms with Crippen molar-refractivity contribution in [2.24, 2.45) is 16.6 Å². The van der Waals surface area contributed by atoms with Gasteiger partial charge in [-0.05, 0) is 96.8 Å². The number of amides is 5. The number of unbranched alkanes of at least 4 members (excludes halogenated alkanes) is 1. The summed E-state index contributed by atoms with van der Waals surface area (Å²) in [5.74, 6) is 0.506. The predicted molar refractivity (Wildman–Crippen MR) is 244 cm³/mol. The zero-order valence-electron chi connectivity index (χ0n) is 37.1. The van der Waals surface area contributed by atoms with Crippen LogP contribution >= 0.6 is 11.8 Å². The molecular formula is C47H70N6O7S. The van der Waals surface area contributed by atoms with Crippen LogP contribution in [0.2, 0.25) is 0 Å². The summed E-state index contributed by atoms with van der Waals surface area (Å²) in [6.45, 7) is 12.6. The summed E-state index contributed by atoms with van der Waals surface area (Å²) in [6.07, 6.45) is 9.03. The fourth-order valence-electron chi connectivity index (χ4n) is 7.88. The van der Waals surface area contributed by atoms with Crippen LogP contribution < -0.4 is 21.3 Å². The highest BCUT2D eigenvalue weighted by atomic mass is 32.2. The van der Waals surface area contributed by atoms with Gasteiger partial charge in [0.1, 0.15) is 5.54 Å². The summed E-state index contributed by atoms with van der Waals surface area (Å²) in [5, 5.41) is 6.58. The number of nitrogens with two attached hydrogens (primary N) is 1. The van der Waals surface area contributed by atoms with Gasteiger partial charge in [-0.15, -0.1) is 0 Å². The number of hydrogen-bond acceptors (Lipinski definition) is 9. The smallest absolute Gasteiger partial charge is 0.337 e. The van der Waals surface area contributed by atoms with Gasteiger partial charge in [0.15, 0.2) is 0 Å². The molecule has 2 aromatic carbocycles. The number of para-hydroxylation sites is 1. The van der Waals surface area contributed by atoms with E-state index < -0.39 is 28.7 Å². The first-order chi connectivity index (χ1) is 29.1. The van der Waals surface area contributed by atoms with Crippen molar-refractivity contribution in [1.82, 2.24) is 15.5 Å².